The Labute approximate surface area is 255 Å². The molecule has 0 aromatic heterocycles. The fraction of sp³-hybridized carbons (Fsp3) is 0.667. The predicted molar refractivity (Wildman–Crippen MR) is 164 cm³/mol. The second kappa shape index (κ2) is 20.9. The molecule has 0 spiro atoms. The number of hydrogen-bond acceptors (Lipinski definition) is 9. The van der Waals surface area contributed by atoms with Gasteiger partial charge in [-0.2, -0.15) is 0 Å². The molecule has 250 valence electrons. The van der Waals surface area contributed by atoms with E-state index in [-0.39, 0.29) is 69.6 Å². The number of nitrogens with zero attached hydrogens (tertiary/aromatic N) is 3. The summed E-state index contributed by atoms with van der Waals surface area (Å²) < 4.78 is 0. The molecule has 44 heavy (non-hydrogen) atoms. The molecule has 4 amide bonds. The van der Waals surface area contributed by atoms with Crippen LogP contribution in [0.15, 0.2) is 15.0 Å². The molecule has 0 radical (unpaired) electrons. The molecule has 0 aliphatic carbocycles. The first-order valence-electron chi connectivity index (χ1n) is 13.9. The lowest BCUT2D eigenvalue weighted by molar-refractivity contribution is -0.142. The average molecular weight is 629 g/mol. The van der Waals surface area contributed by atoms with Crippen molar-refractivity contribution in [3.63, 3.8) is 0 Å². The highest BCUT2D eigenvalue weighted by atomic mass is 16.4. The van der Waals surface area contributed by atoms with E-state index < -0.39 is 59.8 Å². The van der Waals surface area contributed by atoms with Crippen LogP contribution < -0.4 is 61.4 Å². The summed E-state index contributed by atoms with van der Waals surface area (Å²) in [5, 5.41) is 19.3. The smallest absolute Gasteiger partial charge is 0.326 e. The zero-order chi connectivity index (χ0) is 33.8. The van der Waals surface area contributed by atoms with Gasteiger partial charge in [0.2, 0.25) is 23.6 Å². The number of aliphatic carboxylic acids is 1. The average Bonchev–Trinajstić information content (AvgIpc) is 2.93. The van der Waals surface area contributed by atoms with Crippen molar-refractivity contribution < 1.29 is 29.1 Å². The summed E-state index contributed by atoms with van der Waals surface area (Å²) in [5.74, 6) is -4.46. The SMILES string of the molecule is C[C@H](NC(=O)[C@H](CCCN=C(N)N)NC(=O)[C@H](C)NC(=O)[C@@H](N)CCCN=C(N)N)C(=O)N[C@@H](CCCN=C(N)N)C(=O)O. The van der Waals surface area contributed by atoms with Crippen molar-refractivity contribution in [1.82, 2.24) is 21.3 Å². The van der Waals surface area contributed by atoms with Gasteiger partial charge in [0.25, 0.3) is 0 Å². The first-order valence-corrected chi connectivity index (χ1v) is 13.9. The third kappa shape index (κ3) is 17.8. The Bertz CT molecular complexity index is 1050. The van der Waals surface area contributed by atoms with Crippen LogP contribution in [0.1, 0.15) is 52.4 Å². The highest BCUT2D eigenvalue weighted by Crippen LogP contribution is 2.03. The van der Waals surface area contributed by atoms with Crippen molar-refractivity contribution in [3.8, 4) is 0 Å². The fourth-order valence-electron chi connectivity index (χ4n) is 3.54. The molecule has 5 atom stereocenters. The second-order valence-electron chi connectivity index (χ2n) is 9.87. The van der Waals surface area contributed by atoms with Gasteiger partial charge in [-0.1, -0.05) is 0 Å². The van der Waals surface area contributed by atoms with Crippen LogP contribution in [-0.4, -0.2) is 102 Å². The van der Waals surface area contributed by atoms with Gasteiger partial charge >= 0.3 is 5.97 Å². The van der Waals surface area contributed by atoms with Gasteiger partial charge in [-0.05, 0) is 52.4 Å². The number of hydrogen-bond donors (Lipinski definition) is 12. The fourth-order valence-corrected chi connectivity index (χ4v) is 3.54. The van der Waals surface area contributed by atoms with Gasteiger partial charge in [0.15, 0.2) is 17.9 Å². The molecule has 0 aliphatic rings. The molecule has 20 nitrogen and oxygen atoms in total. The third-order valence-electron chi connectivity index (χ3n) is 5.95. The number of carbonyl (C=O) groups is 5. The normalized spacial score (nSPS) is 13.9. The van der Waals surface area contributed by atoms with Gasteiger partial charge in [-0.3, -0.25) is 34.2 Å². The van der Waals surface area contributed by atoms with E-state index in [0.29, 0.717) is 6.42 Å². The first-order chi connectivity index (χ1) is 20.5. The van der Waals surface area contributed by atoms with Crippen LogP contribution in [0.25, 0.3) is 0 Å². The van der Waals surface area contributed by atoms with Crippen molar-refractivity contribution in [2.24, 2.45) is 55.1 Å². The number of nitrogens with two attached hydrogens (primary N) is 7. The van der Waals surface area contributed by atoms with Gasteiger partial charge < -0.3 is 66.5 Å². The van der Waals surface area contributed by atoms with Crippen molar-refractivity contribution >= 4 is 47.5 Å². The second-order valence-corrected chi connectivity index (χ2v) is 9.87. The Morgan fingerprint density at radius 2 is 0.932 bits per heavy atom. The summed E-state index contributed by atoms with van der Waals surface area (Å²) in [7, 11) is 0. The van der Waals surface area contributed by atoms with Crippen LogP contribution in [0.4, 0.5) is 0 Å². The van der Waals surface area contributed by atoms with Crippen molar-refractivity contribution in [2.75, 3.05) is 19.6 Å². The molecular formula is C24H48N14O6. The van der Waals surface area contributed by atoms with Gasteiger partial charge in [0, 0.05) is 19.6 Å². The maximum atomic E-state index is 13.1. The van der Waals surface area contributed by atoms with Crippen LogP contribution >= 0.6 is 0 Å². The molecule has 0 aromatic carbocycles. The lowest BCUT2D eigenvalue weighted by Crippen LogP contribution is -2.57. The van der Waals surface area contributed by atoms with E-state index in [1.807, 2.05) is 0 Å². The molecular weight excluding hydrogens is 580 g/mol. The van der Waals surface area contributed by atoms with Gasteiger partial charge in [-0.25, -0.2) is 4.79 Å². The Kier molecular flexibility index (Phi) is 18.6. The van der Waals surface area contributed by atoms with Gasteiger partial charge in [-0.15, -0.1) is 0 Å². The largest absolute Gasteiger partial charge is 0.480 e. The number of carbonyl (C=O) groups excluding carboxylic acids is 4. The van der Waals surface area contributed by atoms with E-state index in [0.717, 1.165) is 0 Å². The topological polar surface area (TPSA) is 373 Å². The highest BCUT2D eigenvalue weighted by molar-refractivity contribution is 5.95. The lowest BCUT2D eigenvalue weighted by Gasteiger charge is -2.24. The number of rotatable bonds is 21. The summed E-state index contributed by atoms with van der Waals surface area (Å²) in [5.41, 5.74) is 37.5. The van der Waals surface area contributed by atoms with E-state index in [9.17, 15) is 29.1 Å². The quantitative estimate of drug-likeness (QED) is 0.0321. The van der Waals surface area contributed by atoms with E-state index in [1.165, 1.54) is 13.8 Å². The molecule has 0 heterocycles. The third-order valence-corrected chi connectivity index (χ3v) is 5.95. The van der Waals surface area contributed by atoms with Crippen LogP contribution in [-0.2, 0) is 24.0 Å². The molecule has 0 rings (SSSR count). The monoisotopic (exact) mass is 628 g/mol. The zero-order valence-electron chi connectivity index (χ0n) is 25.1. The molecule has 0 unspecified atom stereocenters. The predicted octanol–water partition coefficient (Wildman–Crippen LogP) is -5.46. The molecule has 0 aromatic rings. The number of aliphatic imine (C=N–C) groups is 3. The molecule has 0 saturated carbocycles. The van der Waals surface area contributed by atoms with Crippen LogP contribution in [0, 0.1) is 0 Å². The molecule has 20 heteroatoms. The molecule has 0 bridgehead atoms. The van der Waals surface area contributed by atoms with Gasteiger partial charge in [0.1, 0.15) is 24.2 Å². The number of carboxylic acid groups (broad SMARTS) is 1. The number of nitrogens with one attached hydrogen (secondary N) is 4. The minimum Gasteiger partial charge on any atom is -0.480 e. The molecule has 0 saturated heterocycles. The van der Waals surface area contributed by atoms with Crippen molar-refractivity contribution in [3.05, 3.63) is 0 Å². The van der Waals surface area contributed by atoms with E-state index in [4.69, 9.17) is 40.1 Å². The Morgan fingerprint density at radius 3 is 1.34 bits per heavy atom. The van der Waals surface area contributed by atoms with Crippen LogP contribution in [0.3, 0.4) is 0 Å². The Balaban J connectivity index is 5.29. The molecule has 0 aliphatic heterocycles. The van der Waals surface area contributed by atoms with Crippen molar-refractivity contribution in [2.45, 2.75) is 82.6 Å². The summed E-state index contributed by atoms with van der Waals surface area (Å²) in [4.78, 5) is 74.0. The minimum absolute atomic E-state index is 0.0333. The Morgan fingerprint density at radius 1 is 0.568 bits per heavy atom. The number of carboxylic acids is 1. The minimum atomic E-state index is -1.28. The standard InChI is InChI=1S/C24H48N14O6/c1-12(35-19(41)14(25)6-3-9-32-22(26)27)17(39)37-15(7-4-10-33-23(28)29)20(42)36-13(2)18(40)38-16(21(43)44)8-5-11-34-24(30)31/h12-16H,3-11,25H2,1-2H3,(H,35,41)(H,36,42)(H,37,39)(H,38,40)(H,43,44)(H4,26,27,32)(H4,28,29,33)(H4,30,31,34)/t12-,13-,14-,15-,16-/m0/s1. The zero-order valence-corrected chi connectivity index (χ0v) is 25.1. The molecule has 19 N–H and O–H groups in total. The van der Waals surface area contributed by atoms with Crippen LogP contribution in [0.5, 0.6) is 0 Å². The molecule has 0 fully saturated rings. The summed E-state index contributed by atoms with van der Waals surface area (Å²) in [6.45, 7) is 3.35. The Hall–Kier alpha value is -4.88. The summed E-state index contributed by atoms with van der Waals surface area (Å²) in [6.07, 6.45) is 1.34. The van der Waals surface area contributed by atoms with E-state index in [1.54, 1.807) is 0 Å². The highest BCUT2D eigenvalue weighted by Gasteiger charge is 2.29. The van der Waals surface area contributed by atoms with E-state index in [2.05, 4.69) is 36.2 Å². The maximum Gasteiger partial charge on any atom is 0.326 e. The van der Waals surface area contributed by atoms with Crippen molar-refractivity contribution in [1.29, 1.82) is 0 Å². The number of amides is 4. The first kappa shape index (κ1) is 39.1. The summed E-state index contributed by atoms with van der Waals surface area (Å²) in [6, 6.07) is -5.59. The van der Waals surface area contributed by atoms with E-state index >= 15 is 0 Å². The lowest BCUT2D eigenvalue weighted by atomic mass is 10.1. The van der Waals surface area contributed by atoms with Crippen LogP contribution in [0.2, 0.25) is 0 Å². The maximum absolute atomic E-state index is 13.1. The number of guanidine groups is 3. The summed E-state index contributed by atoms with van der Waals surface area (Å²) >= 11 is 0. The van der Waals surface area contributed by atoms with Gasteiger partial charge in [0.05, 0.1) is 6.04 Å².